The summed E-state index contributed by atoms with van der Waals surface area (Å²) in [6.45, 7) is 3.82. The lowest BCUT2D eigenvalue weighted by molar-refractivity contribution is 0.393. The van der Waals surface area contributed by atoms with Gasteiger partial charge in [-0.05, 0) is 48.9 Å². The second kappa shape index (κ2) is 5.69. The lowest BCUT2D eigenvalue weighted by Gasteiger charge is -2.03. The lowest BCUT2D eigenvalue weighted by Crippen LogP contribution is -1.99. The van der Waals surface area contributed by atoms with E-state index < -0.39 is 0 Å². The van der Waals surface area contributed by atoms with Crippen LogP contribution in [0.15, 0.2) is 53.2 Å². The van der Waals surface area contributed by atoms with Gasteiger partial charge in [0.2, 0.25) is 5.82 Å². The fourth-order valence-corrected chi connectivity index (χ4v) is 2.60. The SMILES string of the molecule is Cc1noc(C)c1-c1cccc(-n2nnc(-c3ccccn3)n2)c1. The zero-order valence-electron chi connectivity index (χ0n) is 13.2. The summed E-state index contributed by atoms with van der Waals surface area (Å²) < 4.78 is 5.25. The molecular weight excluding hydrogens is 304 g/mol. The quantitative estimate of drug-likeness (QED) is 0.577. The van der Waals surface area contributed by atoms with Crippen LogP contribution in [0.2, 0.25) is 0 Å². The van der Waals surface area contributed by atoms with Gasteiger partial charge in [0.25, 0.3) is 0 Å². The second-order valence-electron chi connectivity index (χ2n) is 5.37. The van der Waals surface area contributed by atoms with Crippen LogP contribution in [0.3, 0.4) is 0 Å². The molecule has 0 aliphatic rings. The standard InChI is InChI=1S/C17H14N6O/c1-11-16(12(2)24-21-11)13-6-5-7-14(10-13)23-20-17(19-22-23)15-8-3-4-9-18-15/h3-10H,1-2H3. The molecule has 3 aromatic heterocycles. The van der Waals surface area contributed by atoms with E-state index in [0.29, 0.717) is 11.5 Å². The second-order valence-corrected chi connectivity index (χ2v) is 5.37. The van der Waals surface area contributed by atoms with Crippen LogP contribution in [0.25, 0.3) is 28.3 Å². The molecule has 0 amide bonds. The molecule has 0 aliphatic heterocycles. The van der Waals surface area contributed by atoms with Gasteiger partial charge in [0, 0.05) is 11.8 Å². The van der Waals surface area contributed by atoms with Gasteiger partial charge in [0.15, 0.2) is 0 Å². The summed E-state index contributed by atoms with van der Waals surface area (Å²) >= 11 is 0. The number of aryl methyl sites for hydroxylation is 2. The molecule has 118 valence electrons. The molecule has 0 unspecified atom stereocenters. The van der Waals surface area contributed by atoms with E-state index in [-0.39, 0.29) is 0 Å². The first-order valence-corrected chi connectivity index (χ1v) is 7.47. The molecule has 0 radical (unpaired) electrons. The average molecular weight is 318 g/mol. The number of benzene rings is 1. The van der Waals surface area contributed by atoms with Gasteiger partial charge in [0.1, 0.15) is 11.5 Å². The third-order valence-electron chi connectivity index (χ3n) is 3.71. The zero-order chi connectivity index (χ0) is 16.5. The van der Waals surface area contributed by atoms with E-state index in [1.165, 1.54) is 4.80 Å². The van der Waals surface area contributed by atoms with E-state index in [9.17, 15) is 0 Å². The molecular formula is C17H14N6O. The summed E-state index contributed by atoms with van der Waals surface area (Å²) in [6.07, 6.45) is 1.70. The van der Waals surface area contributed by atoms with E-state index >= 15 is 0 Å². The van der Waals surface area contributed by atoms with E-state index in [1.54, 1.807) is 6.20 Å². The first-order chi connectivity index (χ1) is 11.7. The van der Waals surface area contributed by atoms with E-state index in [1.807, 2.05) is 56.3 Å². The third kappa shape index (κ3) is 2.45. The van der Waals surface area contributed by atoms with E-state index in [0.717, 1.165) is 28.3 Å². The van der Waals surface area contributed by atoms with Crippen LogP contribution in [0, 0.1) is 13.8 Å². The molecule has 0 fully saturated rings. The number of hydrogen-bond acceptors (Lipinski definition) is 6. The number of aromatic nitrogens is 6. The van der Waals surface area contributed by atoms with Crippen molar-refractivity contribution in [3.05, 3.63) is 60.1 Å². The van der Waals surface area contributed by atoms with Gasteiger partial charge >= 0.3 is 0 Å². The monoisotopic (exact) mass is 318 g/mol. The highest BCUT2D eigenvalue weighted by Gasteiger charge is 2.13. The van der Waals surface area contributed by atoms with Crippen molar-refractivity contribution in [2.75, 3.05) is 0 Å². The first-order valence-electron chi connectivity index (χ1n) is 7.47. The third-order valence-corrected chi connectivity index (χ3v) is 3.71. The Morgan fingerprint density at radius 3 is 2.71 bits per heavy atom. The minimum absolute atomic E-state index is 0.485. The molecule has 0 spiro atoms. The Morgan fingerprint density at radius 2 is 1.96 bits per heavy atom. The van der Waals surface area contributed by atoms with Gasteiger partial charge in [-0.25, -0.2) is 0 Å². The van der Waals surface area contributed by atoms with Gasteiger partial charge in [-0.3, -0.25) is 4.98 Å². The summed E-state index contributed by atoms with van der Waals surface area (Å²) in [5, 5.41) is 16.6. The van der Waals surface area contributed by atoms with Crippen LogP contribution in [0.4, 0.5) is 0 Å². The predicted molar refractivity (Wildman–Crippen MR) is 87.4 cm³/mol. The Labute approximate surface area is 138 Å². The Balaban J connectivity index is 1.74. The van der Waals surface area contributed by atoms with Crippen molar-refractivity contribution < 1.29 is 4.52 Å². The summed E-state index contributed by atoms with van der Waals surface area (Å²) in [5.41, 5.74) is 4.33. The van der Waals surface area contributed by atoms with Crippen LogP contribution in [0.5, 0.6) is 0 Å². The maximum absolute atomic E-state index is 5.25. The van der Waals surface area contributed by atoms with Gasteiger partial charge < -0.3 is 4.52 Å². The van der Waals surface area contributed by atoms with Crippen molar-refractivity contribution in [1.82, 2.24) is 30.3 Å². The number of tetrazole rings is 1. The maximum Gasteiger partial charge on any atom is 0.223 e. The Kier molecular flexibility index (Phi) is 3.38. The fraction of sp³-hybridized carbons (Fsp3) is 0.118. The Hall–Kier alpha value is -3.35. The summed E-state index contributed by atoms with van der Waals surface area (Å²) in [7, 11) is 0. The Bertz CT molecular complexity index is 970. The van der Waals surface area contributed by atoms with Gasteiger partial charge in [-0.2, -0.15) is 0 Å². The molecule has 4 rings (SSSR count). The van der Waals surface area contributed by atoms with Gasteiger partial charge in [0.05, 0.1) is 11.4 Å². The number of nitrogens with zero attached hydrogens (tertiary/aromatic N) is 6. The van der Waals surface area contributed by atoms with Crippen LogP contribution in [-0.2, 0) is 0 Å². The molecule has 0 aliphatic carbocycles. The minimum atomic E-state index is 0.485. The van der Waals surface area contributed by atoms with Crippen molar-refractivity contribution in [3.8, 4) is 28.3 Å². The zero-order valence-corrected chi connectivity index (χ0v) is 13.2. The first kappa shape index (κ1) is 14.3. The highest BCUT2D eigenvalue weighted by molar-refractivity contribution is 5.69. The summed E-state index contributed by atoms with van der Waals surface area (Å²) in [4.78, 5) is 5.73. The number of hydrogen-bond donors (Lipinski definition) is 0. The average Bonchev–Trinajstić information content (AvgIpc) is 3.23. The van der Waals surface area contributed by atoms with Crippen molar-refractivity contribution in [2.45, 2.75) is 13.8 Å². The predicted octanol–water partition coefficient (Wildman–Crippen LogP) is 3.00. The highest BCUT2D eigenvalue weighted by Crippen LogP contribution is 2.28. The van der Waals surface area contributed by atoms with Crippen molar-refractivity contribution in [1.29, 1.82) is 0 Å². The van der Waals surface area contributed by atoms with Crippen LogP contribution < -0.4 is 0 Å². The van der Waals surface area contributed by atoms with E-state index in [2.05, 4.69) is 25.6 Å². The molecule has 0 bridgehead atoms. The highest BCUT2D eigenvalue weighted by atomic mass is 16.5. The van der Waals surface area contributed by atoms with Gasteiger partial charge in [-0.15, -0.1) is 15.0 Å². The molecule has 4 aromatic rings. The number of rotatable bonds is 3. The number of pyridine rings is 1. The summed E-state index contributed by atoms with van der Waals surface area (Å²) in [6, 6.07) is 13.4. The van der Waals surface area contributed by atoms with Gasteiger partial charge in [-0.1, -0.05) is 23.4 Å². The molecule has 0 saturated carbocycles. The Morgan fingerprint density at radius 1 is 1.04 bits per heavy atom. The molecule has 7 heteroatoms. The molecule has 7 nitrogen and oxygen atoms in total. The minimum Gasteiger partial charge on any atom is -0.361 e. The molecule has 24 heavy (non-hydrogen) atoms. The fourth-order valence-electron chi connectivity index (χ4n) is 2.60. The molecule has 0 atom stereocenters. The molecule has 0 N–H and O–H groups in total. The maximum atomic E-state index is 5.25. The van der Waals surface area contributed by atoms with Crippen LogP contribution >= 0.6 is 0 Å². The summed E-state index contributed by atoms with van der Waals surface area (Å²) in [5.74, 6) is 1.27. The normalized spacial score (nSPS) is 10.9. The smallest absolute Gasteiger partial charge is 0.223 e. The van der Waals surface area contributed by atoms with Crippen LogP contribution in [-0.4, -0.2) is 30.3 Å². The molecule has 0 saturated heterocycles. The van der Waals surface area contributed by atoms with Crippen molar-refractivity contribution in [2.24, 2.45) is 0 Å². The van der Waals surface area contributed by atoms with Crippen molar-refractivity contribution in [3.63, 3.8) is 0 Å². The topological polar surface area (TPSA) is 82.5 Å². The largest absolute Gasteiger partial charge is 0.361 e. The molecule has 1 aromatic carbocycles. The van der Waals surface area contributed by atoms with E-state index in [4.69, 9.17) is 4.52 Å². The van der Waals surface area contributed by atoms with Crippen LogP contribution in [0.1, 0.15) is 11.5 Å². The van der Waals surface area contributed by atoms with Crippen molar-refractivity contribution >= 4 is 0 Å². The molecule has 3 heterocycles. The lowest BCUT2D eigenvalue weighted by atomic mass is 10.0.